The first-order valence-corrected chi connectivity index (χ1v) is 15.9. The van der Waals surface area contributed by atoms with E-state index in [0.29, 0.717) is 34.3 Å². The second-order valence-electron chi connectivity index (χ2n) is 11.6. The van der Waals surface area contributed by atoms with Gasteiger partial charge in [-0.15, -0.1) is 0 Å². The number of benzene rings is 7. The molecule has 2 heterocycles. The lowest BCUT2D eigenvalue weighted by atomic mass is 10.0. The van der Waals surface area contributed by atoms with Gasteiger partial charge in [0.15, 0.2) is 17.5 Å². The third-order valence-corrected chi connectivity index (χ3v) is 8.52. The lowest BCUT2D eigenvalue weighted by molar-refractivity contribution is 1.07. The van der Waals surface area contributed by atoms with Gasteiger partial charge in [0.1, 0.15) is 0 Å². The summed E-state index contributed by atoms with van der Waals surface area (Å²) in [6.07, 6.45) is 0. The van der Waals surface area contributed by atoms with E-state index in [1.807, 2.05) is 91.0 Å². The highest BCUT2D eigenvalue weighted by molar-refractivity contribution is 6.10. The highest BCUT2D eigenvalue weighted by Crippen LogP contribution is 2.35. The molecule has 0 bridgehead atoms. The lowest BCUT2D eigenvalue weighted by Gasteiger charge is -2.10. The monoisotopic (exact) mass is 633 g/mol. The molecule has 7 aromatic carbocycles. The van der Waals surface area contributed by atoms with E-state index in [9.17, 15) is 4.11 Å². The minimum absolute atomic E-state index is 0.105. The maximum atomic E-state index is 9.50. The van der Waals surface area contributed by atoms with Gasteiger partial charge in [-0.2, -0.15) is 0 Å². The Morgan fingerprint density at radius 2 is 0.796 bits per heavy atom. The molecule has 9 rings (SSSR count). The molecule has 4 heteroatoms. The van der Waals surface area contributed by atoms with Crippen molar-refractivity contribution in [2.45, 2.75) is 0 Å². The van der Waals surface area contributed by atoms with Crippen LogP contribution in [0.5, 0.6) is 0 Å². The summed E-state index contributed by atoms with van der Waals surface area (Å²) >= 11 is 0. The summed E-state index contributed by atoms with van der Waals surface area (Å²) < 4.78 is 64.2. The summed E-state index contributed by atoms with van der Waals surface area (Å²) in [7, 11) is 0. The van der Waals surface area contributed by atoms with E-state index in [4.69, 9.17) is 20.4 Å². The van der Waals surface area contributed by atoms with E-state index >= 15 is 0 Å². The Labute approximate surface area is 294 Å². The number of para-hydroxylation sites is 2. The topological polar surface area (TPSA) is 43.6 Å². The van der Waals surface area contributed by atoms with Crippen molar-refractivity contribution in [2.75, 3.05) is 0 Å². The number of rotatable bonds is 6. The largest absolute Gasteiger partial charge is 0.309 e. The van der Waals surface area contributed by atoms with Crippen LogP contribution < -0.4 is 0 Å². The van der Waals surface area contributed by atoms with E-state index in [2.05, 4.69) is 12.1 Å². The average Bonchev–Trinajstić information content (AvgIpc) is 3.62. The van der Waals surface area contributed by atoms with Gasteiger partial charge < -0.3 is 4.57 Å². The van der Waals surface area contributed by atoms with Crippen LogP contribution in [0.4, 0.5) is 0 Å². The van der Waals surface area contributed by atoms with Crippen molar-refractivity contribution >= 4 is 21.8 Å². The highest BCUT2D eigenvalue weighted by Gasteiger charge is 2.15. The van der Waals surface area contributed by atoms with Crippen LogP contribution in [0.25, 0.3) is 83.9 Å². The third kappa shape index (κ3) is 5.35. The Balaban J connectivity index is 1.19. The van der Waals surface area contributed by atoms with Gasteiger partial charge in [0, 0.05) is 33.2 Å². The van der Waals surface area contributed by atoms with Crippen molar-refractivity contribution in [1.82, 2.24) is 19.5 Å². The van der Waals surface area contributed by atoms with Crippen LogP contribution in [0.3, 0.4) is 0 Å². The van der Waals surface area contributed by atoms with Crippen molar-refractivity contribution in [3.05, 3.63) is 182 Å². The third-order valence-electron chi connectivity index (χ3n) is 8.52. The van der Waals surface area contributed by atoms with Crippen LogP contribution in [-0.4, -0.2) is 19.5 Å². The fourth-order valence-corrected chi connectivity index (χ4v) is 6.07. The molecular formula is C45H30N4. The molecule has 0 radical (unpaired) electrons. The molecule has 9 aromatic rings. The fourth-order valence-electron chi connectivity index (χ4n) is 6.07. The summed E-state index contributed by atoms with van der Waals surface area (Å²) in [5.74, 6) is 1.44. The first-order valence-electron chi connectivity index (χ1n) is 19.4. The zero-order valence-electron chi connectivity index (χ0n) is 33.1. The number of fused-ring (bicyclic) bond motifs is 3. The zero-order valence-corrected chi connectivity index (χ0v) is 26.1. The van der Waals surface area contributed by atoms with Gasteiger partial charge in [-0.1, -0.05) is 152 Å². The molecule has 0 fully saturated rings. The maximum Gasteiger partial charge on any atom is 0.164 e. The van der Waals surface area contributed by atoms with Gasteiger partial charge >= 0.3 is 0 Å². The normalized spacial score (nSPS) is 13.3. The predicted molar refractivity (Wildman–Crippen MR) is 201 cm³/mol. The lowest BCUT2D eigenvalue weighted by Crippen LogP contribution is -2.00. The van der Waals surface area contributed by atoms with E-state index in [0.717, 1.165) is 22.3 Å². The molecule has 2 aromatic heterocycles. The highest BCUT2D eigenvalue weighted by atomic mass is 15.0. The van der Waals surface area contributed by atoms with E-state index in [1.165, 1.54) is 0 Å². The summed E-state index contributed by atoms with van der Waals surface area (Å²) in [4.78, 5) is 14.6. The first kappa shape index (κ1) is 22.0. The number of nitrogens with zero attached hydrogens (tertiary/aromatic N) is 4. The van der Waals surface area contributed by atoms with Crippen LogP contribution in [0.1, 0.15) is 9.60 Å². The number of hydrogen-bond acceptors (Lipinski definition) is 3. The van der Waals surface area contributed by atoms with Crippen LogP contribution in [0.2, 0.25) is 0 Å². The predicted octanol–water partition coefficient (Wildman–Crippen LogP) is 11.3. The molecule has 0 aliphatic carbocycles. The first-order chi connectivity index (χ1) is 27.2. The smallest absolute Gasteiger partial charge is 0.164 e. The van der Waals surface area contributed by atoms with E-state index < -0.39 is 12.1 Å². The van der Waals surface area contributed by atoms with Gasteiger partial charge in [-0.3, -0.25) is 0 Å². The molecule has 0 spiro atoms. The number of aromatic nitrogens is 4. The van der Waals surface area contributed by atoms with Crippen molar-refractivity contribution in [3.63, 3.8) is 0 Å². The van der Waals surface area contributed by atoms with Crippen LogP contribution in [0, 0.1) is 0 Å². The van der Waals surface area contributed by atoms with Gasteiger partial charge in [0.2, 0.25) is 0 Å². The molecule has 0 N–H and O–H groups in total. The van der Waals surface area contributed by atoms with Gasteiger partial charge in [0.05, 0.1) is 20.6 Å². The van der Waals surface area contributed by atoms with Crippen LogP contribution >= 0.6 is 0 Å². The fraction of sp³-hybridized carbons (Fsp3) is 0. The average molecular weight is 634 g/mol. The molecule has 0 saturated heterocycles. The molecule has 0 saturated carbocycles. The molecule has 0 aliphatic rings. The van der Waals surface area contributed by atoms with Crippen molar-refractivity contribution in [1.29, 1.82) is 0 Å². The quantitative estimate of drug-likeness (QED) is 0.183. The Kier molecular flexibility index (Phi) is 5.47. The van der Waals surface area contributed by atoms with Gasteiger partial charge in [-0.25, -0.2) is 15.0 Å². The molecule has 0 unspecified atom stereocenters. The Morgan fingerprint density at radius 1 is 0.367 bits per heavy atom. The molecule has 0 amide bonds. The Hall–Kier alpha value is -6.65. The molecule has 0 aliphatic heterocycles. The minimum atomic E-state index is -0.430. The molecule has 230 valence electrons. The molecular weight excluding hydrogens is 597 g/mol. The zero-order chi connectivity index (χ0) is 38.7. The maximum absolute atomic E-state index is 9.50. The van der Waals surface area contributed by atoms with Crippen LogP contribution in [0.15, 0.2) is 182 Å². The van der Waals surface area contributed by atoms with Crippen molar-refractivity contribution < 1.29 is 9.60 Å². The summed E-state index contributed by atoms with van der Waals surface area (Å²) in [6, 6.07) is 42.1. The van der Waals surface area contributed by atoms with Gasteiger partial charge in [-0.05, 0) is 52.5 Å². The second kappa shape index (κ2) is 12.2. The summed E-state index contributed by atoms with van der Waals surface area (Å²) in [5, 5.41) is 0.318. The second-order valence-corrected chi connectivity index (χ2v) is 11.6. The van der Waals surface area contributed by atoms with Crippen molar-refractivity contribution in [3.8, 4) is 62.1 Å². The van der Waals surface area contributed by atoms with Crippen LogP contribution in [-0.2, 0) is 0 Å². The number of hydrogen-bond donors (Lipinski definition) is 0. The Bertz CT molecular complexity index is 2950. The standard InChI is InChI=1S/C45H30N4/c1-4-12-31(13-5-1)32-20-24-35(25-21-32)44-46-43(34-14-6-2-7-15-34)47-45(48-44)36-26-22-33(23-27-36)37-28-29-42-40(30-37)39-18-10-11-19-41(39)49(42)38-16-8-3-9-17-38/h1-30H/i10D,11D,18D,19D,28D,29D,30D. The SMILES string of the molecule is [2H]c1c([2H])c([2H])c2c(c1[2H])c1c([2H])c(-c3ccc(-c4nc(-c5ccccc5)nc(-c5ccc(-c6ccccc6)cc5)n4)cc3)c([2H])c([2H])c1n2-c1ccccc1. The summed E-state index contributed by atoms with van der Waals surface area (Å²) in [5.41, 5.74) is 6.07. The van der Waals surface area contributed by atoms with Crippen molar-refractivity contribution in [2.24, 2.45) is 0 Å². The molecule has 0 atom stereocenters. The summed E-state index contributed by atoms with van der Waals surface area (Å²) in [6.45, 7) is 0. The minimum Gasteiger partial charge on any atom is -0.309 e. The van der Waals surface area contributed by atoms with E-state index in [-0.39, 0.29) is 57.6 Å². The Morgan fingerprint density at radius 3 is 1.39 bits per heavy atom. The van der Waals surface area contributed by atoms with Gasteiger partial charge in [0.25, 0.3) is 0 Å². The van der Waals surface area contributed by atoms with E-state index in [1.54, 1.807) is 41.0 Å². The molecule has 4 nitrogen and oxygen atoms in total. The molecule has 49 heavy (non-hydrogen) atoms.